The summed E-state index contributed by atoms with van der Waals surface area (Å²) in [7, 11) is 3.99. The molecule has 1 N–H and O–H groups in total. The van der Waals surface area contributed by atoms with E-state index < -0.39 is 10.7 Å². The van der Waals surface area contributed by atoms with E-state index in [0.29, 0.717) is 26.1 Å². The molecular formula is C27H34Cl2N4O2. The highest BCUT2D eigenvalue weighted by Gasteiger charge is 2.26. The zero-order chi connectivity index (χ0) is 25.5. The van der Waals surface area contributed by atoms with Gasteiger partial charge < -0.3 is 19.7 Å². The normalized spacial score (nSPS) is 11.3. The van der Waals surface area contributed by atoms with E-state index >= 15 is 0 Å². The van der Waals surface area contributed by atoms with Crippen LogP contribution in [0.25, 0.3) is 10.9 Å². The monoisotopic (exact) mass is 516 g/mol. The quantitative estimate of drug-likeness (QED) is 0.361. The van der Waals surface area contributed by atoms with E-state index in [2.05, 4.69) is 11.1 Å². The van der Waals surface area contributed by atoms with E-state index in [4.69, 9.17) is 23.2 Å². The van der Waals surface area contributed by atoms with E-state index in [-0.39, 0.29) is 18.4 Å². The van der Waals surface area contributed by atoms with Crippen molar-refractivity contribution in [2.45, 2.75) is 31.6 Å². The number of hydrogen-bond acceptors (Lipinski definition) is 3. The summed E-state index contributed by atoms with van der Waals surface area (Å²) in [5.41, 5.74) is 4.34. The number of rotatable bonds is 11. The number of halogens is 2. The van der Waals surface area contributed by atoms with Gasteiger partial charge in [0.2, 0.25) is 5.91 Å². The van der Waals surface area contributed by atoms with Gasteiger partial charge in [-0.2, -0.15) is 0 Å². The van der Waals surface area contributed by atoms with Crippen LogP contribution in [0.5, 0.6) is 0 Å². The molecule has 3 aromatic rings. The van der Waals surface area contributed by atoms with Crippen LogP contribution < -0.4 is 4.90 Å². The summed E-state index contributed by atoms with van der Waals surface area (Å²) in [6, 6.07) is 16.3. The van der Waals surface area contributed by atoms with Gasteiger partial charge in [0.05, 0.1) is 6.54 Å². The largest absolute Gasteiger partial charge is 0.378 e. The number of fused-ring (bicyclic) bond motifs is 1. The third-order valence-corrected chi connectivity index (χ3v) is 6.29. The Hall–Kier alpha value is -2.70. The molecule has 0 saturated carbocycles. The Morgan fingerprint density at radius 1 is 0.971 bits per heavy atom. The van der Waals surface area contributed by atoms with Crippen LogP contribution >= 0.6 is 23.2 Å². The first-order valence-electron chi connectivity index (χ1n) is 11.8. The molecule has 0 spiro atoms. The van der Waals surface area contributed by atoms with Gasteiger partial charge in [-0.3, -0.25) is 9.59 Å². The average Bonchev–Trinajstić information content (AvgIpc) is 3.23. The second-order valence-electron chi connectivity index (χ2n) is 9.40. The topological polar surface area (TPSA) is 59.7 Å². The van der Waals surface area contributed by atoms with Crippen molar-refractivity contribution in [3.63, 3.8) is 0 Å². The minimum atomic E-state index is -1.19. The maximum Gasteiger partial charge on any atom is 0.256 e. The molecular weight excluding hydrogens is 483 g/mol. The molecule has 8 heteroatoms. The Morgan fingerprint density at radius 3 is 2.29 bits per heavy atom. The number of hydrogen-bond donors (Lipinski definition) is 1. The van der Waals surface area contributed by atoms with Crippen LogP contribution in [0.4, 0.5) is 5.69 Å². The molecule has 6 nitrogen and oxygen atoms in total. The van der Waals surface area contributed by atoms with Gasteiger partial charge in [0.1, 0.15) is 0 Å². The summed E-state index contributed by atoms with van der Waals surface area (Å²) >= 11 is 11.7. The van der Waals surface area contributed by atoms with Gasteiger partial charge in [-0.05, 0) is 41.7 Å². The number of alkyl halides is 2. The fourth-order valence-corrected chi connectivity index (χ4v) is 4.36. The minimum absolute atomic E-state index is 0.0589. The zero-order valence-electron chi connectivity index (χ0n) is 20.8. The number of carbonyl (C=O) groups is 2. The number of carbonyl (C=O) groups excluding carboxylic acids is 2. The molecule has 188 valence electrons. The van der Waals surface area contributed by atoms with Crippen molar-refractivity contribution in [3.05, 3.63) is 65.9 Å². The molecule has 2 amide bonds. The van der Waals surface area contributed by atoms with Gasteiger partial charge in [-0.1, -0.05) is 67.4 Å². The second kappa shape index (κ2) is 12.3. The van der Waals surface area contributed by atoms with Crippen molar-refractivity contribution in [1.29, 1.82) is 0 Å². The molecule has 0 bridgehead atoms. The summed E-state index contributed by atoms with van der Waals surface area (Å²) in [4.78, 5) is 33.5. The zero-order valence-corrected chi connectivity index (χ0v) is 22.3. The number of aromatic nitrogens is 1. The van der Waals surface area contributed by atoms with Gasteiger partial charge in [-0.15, -0.1) is 0 Å². The fourth-order valence-electron chi connectivity index (χ4n) is 4.08. The Kier molecular flexibility index (Phi) is 9.47. The standard InChI is InChI=1S/C27H34Cl2N4O2/c1-19(2)16-33(27(35)26(28)29)18-25(34)32(17-20-9-11-22(12-10-20)31(3)4)14-13-21-15-30-24-8-6-5-7-23(21)24/h5-12,15,19,26,30H,13-14,16-18H2,1-4H3. The van der Waals surface area contributed by atoms with E-state index in [1.807, 2.05) is 86.4 Å². The highest BCUT2D eigenvalue weighted by molar-refractivity contribution is 6.53. The number of nitrogens with zero attached hydrogens (tertiary/aromatic N) is 3. The Bertz CT molecular complexity index is 1130. The minimum Gasteiger partial charge on any atom is -0.378 e. The van der Waals surface area contributed by atoms with Crippen molar-refractivity contribution in [2.75, 3.05) is 38.6 Å². The summed E-state index contributed by atoms with van der Waals surface area (Å²) in [5.74, 6) is -0.399. The van der Waals surface area contributed by atoms with Crippen LogP contribution in [0.2, 0.25) is 0 Å². The maximum atomic E-state index is 13.5. The summed E-state index contributed by atoms with van der Waals surface area (Å²) in [5, 5.41) is 1.15. The number of H-pyrrole nitrogens is 1. The lowest BCUT2D eigenvalue weighted by molar-refractivity contribution is -0.140. The lowest BCUT2D eigenvalue weighted by Crippen LogP contribution is -2.46. The van der Waals surface area contributed by atoms with Crippen LogP contribution in [0, 0.1) is 5.92 Å². The van der Waals surface area contributed by atoms with Gasteiger partial charge in [-0.25, -0.2) is 0 Å². The SMILES string of the molecule is CC(C)CN(CC(=O)N(CCc1c[nH]c2ccccc12)Cc1ccc(N(C)C)cc1)C(=O)C(Cl)Cl. The molecule has 0 atom stereocenters. The highest BCUT2D eigenvalue weighted by Crippen LogP contribution is 2.20. The fraction of sp³-hybridized carbons (Fsp3) is 0.407. The Labute approximate surface area is 217 Å². The maximum absolute atomic E-state index is 13.5. The number of benzene rings is 2. The Balaban J connectivity index is 1.80. The van der Waals surface area contributed by atoms with Crippen LogP contribution in [0.1, 0.15) is 25.0 Å². The summed E-state index contributed by atoms with van der Waals surface area (Å²) < 4.78 is 0. The third kappa shape index (κ3) is 7.39. The second-order valence-corrected chi connectivity index (χ2v) is 10.5. The molecule has 0 saturated heterocycles. The Morgan fingerprint density at radius 2 is 1.66 bits per heavy atom. The first-order chi connectivity index (χ1) is 16.7. The molecule has 0 radical (unpaired) electrons. The van der Waals surface area contributed by atoms with Gasteiger partial charge in [0, 0.05) is 56.5 Å². The summed E-state index contributed by atoms with van der Waals surface area (Å²) in [6.45, 7) is 5.30. The van der Waals surface area contributed by atoms with Crippen molar-refractivity contribution in [2.24, 2.45) is 5.92 Å². The van der Waals surface area contributed by atoms with Gasteiger partial charge in [0.25, 0.3) is 5.91 Å². The van der Waals surface area contributed by atoms with Crippen molar-refractivity contribution in [1.82, 2.24) is 14.8 Å². The predicted molar refractivity (Wildman–Crippen MR) is 145 cm³/mol. The first kappa shape index (κ1) is 26.9. The summed E-state index contributed by atoms with van der Waals surface area (Å²) in [6.07, 6.45) is 2.69. The van der Waals surface area contributed by atoms with Crippen LogP contribution in [-0.2, 0) is 22.6 Å². The number of aromatic amines is 1. The molecule has 35 heavy (non-hydrogen) atoms. The molecule has 0 aliphatic heterocycles. The van der Waals surface area contributed by atoms with Crippen molar-refractivity contribution in [3.8, 4) is 0 Å². The highest BCUT2D eigenvalue weighted by atomic mass is 35.5. The average molecular weight is 518 g/mol. The number of amides is 2. The van der Waals surface area contributed by atoms with E-state index in [1.54, 1.807) is 0 Å². The smallest absolute Gasteiger partial charge is 0.256 e. The van der Waals surface area contributed by atoms with Crippen LogP contribution in [0.3, 0.4) is 0 Å². The van der Waals surface area contributed by atoms with E-state index in [0.717, 1.165) is 27.7 Å². The molecule has 1 heterocycles. The molecule has 2 aromatic carbocycles. The lowest BCUT2D eigenvalue weighted by Gasteiger charge is -2.29. The third-order valence-electron chi connectivity index (χ3n) is 5.91. The molecule has 3 rings (SSSR count). The number of nitrogens with one attached hydrogen (secondary N) is 1. The predicted octanol–water partition coefficient (Wildman–Crippen LogP) is 5.09. The van der Waals surface area contributed by atoms with E-state index in [1.165, 1.54) is 4.90 Å². The molecule has 0 aliphatic rings. The lowest BCUT2D eigenvalue weighted by atomic mass is 10.1. The molecule has 1 aromatic heterocycles. The number of para-hydroxylation sites is 1. The first-order valence-corrected chi connectivity index (χ1v) is 12.7. The number of anilines is 1. The molecule has 0 fully saturated rings. The van der Waals surface area contributed by atoms with Crippen LogP contribution in [0.15, 0.2) is 54.7 Å². The van der Waals surface area contributed by atoms with Crippen LogP contribution in [-0.4, -0.2) is 65.2 Å². The van der Waals surface area contributed by atoms with Gasteiger partial charge in [0.15, 0.2) is 4.84 Å². The van der Waals surface area contributed by atoms with Crippen molar-refractivity contribution >= 4 is 51.6 Å². The molecule has 0 aliphatic carbocycles. The van der Waals surface area contributed by atoms with Gasteiger partial charge >= 0.3 is 0 Å². The van der Waals surface area contributed by atoms with E-state index in [9.17, 15) is 9.59 Å². The van der Waals surface area contributed by atoms with Crippen molar-refractivity contribution < 1.29 is 9.59 Å². The molecule has 0 unspecified atom stereocenters.